The molecule has 1 N–H and O–H groups in total. The quantitative estimate of drug-likeness (QED) is 0.789. The van der Waals surface area contributed by atoms with Crippen LogP contribution in [0.5, 0.6) is 0 Å². The minimum absolute atomic E-state index is 0.218. The van der Waals surface area contributed by atoms with E-state index in [4.69, 9.17) is 0 Å². The molecule has 0 radical (unpaired) electrons. The van der Waals surface area contributed by atoms with E-state index < -0.39 is 11.6 Å². The molecule has 1 fully saturated rings. The SMILES string of the molecule is CC1(C)CNCCN1c1ncc(F)cc1F. The van der Waals surface area contributed by atoms with Crippen LogP contribution in [0.2, 0.25) is 0 Å². The van der Waals surface area contributed by atoms with E-state index in [1.54, 1.807) is 0 Å². The predicted molar refractivity (Wildman–Crippen MR) is 58.4 cm³/mol. The Balaban J connectivity index is 2.35. The van der Waals surface area contributed by atoms with Crippen LogP contribution in [0.15, 0.2) is 12.3 Å². The number of rotatable bonds is 1. The average molecular weight is 227 g/mol. The van der Waals surface area contributed by atoms with E-state index >= 15 is 0 Å². The van der Waals surface area contributed by atoms with Gasteiger partial charge in [0.1, 0.15) is 5.82 Å². The number of nitrogens with one attached hydrogen (secondary N) is 1. The van der Waals surface area contributed by atoms with Gasteiger partial charge in [-0.2, -0.15) is 0 Å². The van der Waals surface area contributed by atoms with Gasteiger partial charge in [-0.15, -0.1) is 0 Å². The zero-order valence-electron chi connectivity index (χ0n) is 9.43. The first-order valence-corrected chi connectivity index (χ1v) is 5.30. The largest absolute Gasteiger partial charge is 0.347 e. The molecular weight excluding hydrogens is 212 g/mol. The van der Waals surface area contributed by atoms with Crippen molar-refractivity contribution in [1.82, 2.24) is 10.3 Å². The van der Waals surface area contributed by atoms with Gasteiger partial charge in [0.25, 0.3) is 0 Å². The van der Waals surface area contributed by atoms with Gasteiger partial charge in [0, 0.05) is 31.2 Å². The molecule has 1 saturated heterocycles. The second-order valence-corrected chi connectivity index (χ2v) is 4.60. The van der Waals surface area contributed by atoms with Crippen LogP contribution in [-0.2, 0) is 0 Å². The van der Waals surface area contributed by atoms with Crippen molar-refractivity contribution in [3.63, 3.8) is 0 Å². The smallest absolute Gasteiger partial charge is 0.168 e. The minimum Gasteiger partial charge on any atom is -0.347 e. The Bertz CT molecular complexity index is 393. The molecule has 1 aliphatic rings. The molecule has 88 valence electrons. The number of hydrogen-bond donors (Lipinski definition) is 1. The van der Waals surface area contributed by atoms with Crippen LogP contribution in [0, 0.1) is 11.6 Å². The fraction of sp³-hybridized carbons (Fsp3) is 0.545. The third-order valence-electron chi connectivity index (χ3n) is 2.84. The van der Waals surface area contributed by atoms with Gasteiger partial charge in [0.05, 0.1) is 6.20 Å². The minimum atomic E-state index is -0.644. The first-order chi connectivity index (χ1) is 7.50. The molecule has 0 bridgehead atoms. The Morgan fingerprint density at radius 2 is 2.19 bits per heavy atom. The lowest BCUT2D eigenvalue weighted by molar-refractivity contribution is 0.372. The summed E-state index contributed by atoms with van der Waals surface area (Å²) >= 11 is 0. The van der Waals surface area contributed by atoms with Crippen molar-refractivity contribution >= 4 is 5.82 Å². The maximum atomic E-state index is 13.6. The summed E-state index contributed by atoms with van der Waals surface area (Å²) in [6, 6.07) is 0.875. The number of aromatic nitrogens is 1. The number of nitrogens with zero attached hydrogens (tertiary/aromatic N) is 2. The summed E-state index contributed by atoms with van der Waals surface area (Å²) in [6.45, 7) is 6.21. The number of anilines is 1. The average Bonchev–Trinajstić information content (AvgIpc) is 2.19. The molecule has 5 heteroatoms. The van der Waals surface area contributed by atoms with Crippen molar-refractivity contribution in [2.45, 2.75) is 19.4 Å². The van der Waals surface area contributed by atoms with Crippen molar-refractivity contribution < 1.29 is 8.78 Å². The van der Waals surface area contributed by atoms with Gasteiger partial charge in [-0.05, 0) is 13.8 Å². The third-order valence-corrected chi connectivity index (χ3v) is 2.84. The van der Waals surface area contributed by atoms with Gasteiger partial charge in [-0.1, -0.05) is 0 Å². The maximum Gasteiger partial charge on any atom is 0.168 e. The van der Waals surface area contributed by atoms with Crippen LogP contribution in [-0.4, -0.2) is 30.2 Å². The molecule has 1 aromatic heterocycles. The van der Waals surface area contributed by atoms with Crippen molar-refractivity contribution in [2.24, 2.45) is 0 Å². The summed E-state index contributed by atoms with van der Waals surface area (Å²) in [4.78, 5) is 5.72. The van der Waals surface area contributed by atoms with Gasteiger partial charge >= 0.3 is 0 Å². The first-order valence-electron chi connectivity index (χ1n) is 5.30. The number of pyridine rings is 1. The fourth-order valence-electron chi connectivity index (χ4n) is 1.98. The summed E-state index contributed by atoms with van der Waals surface area (Å²) in [6.07, 6.45) is 1.05. The van der Waals surface area contributed by atoms with Gasteiger partial charge in [-0.25, -0.2) is 13.8 Å². The zero-order chi connectivity index (χ0) is 11.8. The Hall–Kier alpha value is -1.23. The standard InChI is InChI=1S/C11H15F2N3/c1-11(2)7-14-3-4-16(11)10-9(13)5-8(12)6-15-10/h5-6,14H,3-4,7H2,1-2H3. The van der Waals surface area contributed by atoms with Crippen LogP contribution in [0.1, 0.15) is 13.8 Å². The van der Waals surface area contributed by atoms with Crippen molar-refractivity contribution in [3.8, 4) is 0 Å². The highest BCUT2D eigenvalue weighted by atomic mass is 19.1. The highest BCUT2D eigenvalue weighted by molar-refractivity contribution is 5.43. The number of halogens is 2. The summed E-state index contributed by atoms with van der Waals surface area (Å²) in [5.41, 5.74) is -0.218. The van der Waals surface area contributed by atoms with Crippen LogP contribution in [0.25, 0.3) is 0 Å². The van der Waals surface area contributed by atoms with Gasteiger partial charge in [-0.3, -0.25) is 0 Å². The van der Waals surface area contributed by atoms with E-state index in [2.05, 4.69) is 10.3 Å². The normalized spacial score (nSPS) is 19.9. The first kappa shape index (κ1) is 11.3. The Morgan fingerprint density at radius 1 is 1.44 bits per heavy atom. The van der Waals surface area contributed by atoms with Crippen molar-refractivity contribution in [3.05, 3.63) is 23.9 Å². The number of hydrogen-bond acceptors (Lipinski definition) is 3. The second-order valence-electron chi connectivity index (χ2n) is 4.60. The molecule has 0 saturated carbocycles. The van der Waals surface area contributed by atoms with Crippen LogP contribution < -0.4 is 10.2 Å². The Morgan fingerprint density at radius 3 is 2.81 bits per heavy atom. The molecule has 2 rings (SSSR count). The third kappa shape index (κ3) is 2.00. The molecule has 0 unspecified atom stereocenters. The van der Waals surface area contributed by atoms with Gasteiger partial charge < -0.3 is 10.2 Å². The maximum absolute atomic E-state index is 13.6. The second kappa shape index (κ2) is 3.97. The molecule has 0 aromatic carbocycles. The van der Waals surface area contributed by atoms with Crippen LogP contribution in [0.4, 0.5) is 14.6 Å². The molecule has 2 heterocycles. The summed E-state index contributed by atoms with van der Waals surface area (Å²) in [5.74, 6) is -1.02. The predicted octanol–water partition coefficient (Wildman–Crippen LogP) is 1.55. The molecule has 1 aromatic rings. The molecule has 1 aliphatic heterocycles. The van der Waals surface area contributed by atoms with E-state index in [-0.39, 0.29) is 11.4 Å². The van der Waals surface area contributed by atoms with Gasteiger partial charge in [0.2, 0.25) is 0 Å². The molecule has 3 nitrogen and oxygen atoms in total. The molecular formula is C11H15F2N3. The van der Waals surface area contributed by atoms with Crippen molar-refractivity contribution in [2.75, 3.05) is 24.5 Å². The summed E-state index contributed by atoms with van der Waals surface area (Å²) in [7, 11) is 0. The molecule has 0 spiro atoms. The lowest BCUT2D eigenvalue weighted by Gasteiger charge is -2.43. The molecule has 0 aliphatic carbocycles. The highest BCUT2D eigenvalue weighted by Gasteiger charge is 2.32. The highest BCUT2D eigenvalue weighted by Crippen LogP contribution is 2.25. The topological polar surface area (TPSA) is 28.2 Å². The number of piperazine rings is 1. The van der Waals surface area contributed by atoms with E-state index in [0.29, 0.717) is 6.54 Å². The molecule has 0 amide bonds. The summed E-state index contributed by atoms with van der Waals surface area (Å²) < 4.78 is 26.4. The van der Waals surface area contributed by atoms with E-state index in [9.17, 15) is 8.78 Å². The van der Waals surface area contributed by atoms with Gasteiger partial charge in [0.15, 0.2) is 11.6 Å². The lowest BCUT2D eigenvalue weighted by Crippen LogP contribution is -2.58. The summed E-state index contributed by atoms with van der Waals surface area (Å²) in [5, 5.41) is 3.24. The fourth-order valence-corrected chi connectivity index (χ4v) is 1.98. The monoisotopic (exact) mass is 227 g/mol. The lowest BCUT2D eigenvalue weighted by atomic mass is 10.0. The molecule has 16 heavy (non-hydrogen) atoms. The van der Waals surface area contributed by atoms with E-state index in [1.165, 1.54) is 0 Å². The van der Waals surface area contributed by atoms with E-state index in [0.717, 1.165) is 25.4 Å². The molecule has 0 atom stereocenters. The van der Waals surface area contributed by atoms with Crippen molar-refractivity contribution in [1.29, 1.82) is 0 Å². The van der Waals surface area contributed by atoms with Crippen LogP contribution >= 0.6 is 0 Å². The Labute approximate surface area is 93.5 Å². The van der Waals surface area contributed by atoms with E-state index in [1.807, 2.05) is 18.7 Å². The van der Waals surface area contributed by atoms with Crippen LogP contribution in [0.3, 0.4) is 0 Å². The zero-order valence-corrected chi connectivity index (χ0v) is 9.43. The Kier molecular flexibility index (Phi) is 2.80.